The molecule has 134 valence electrons. The van der Waals surface area contributed by atoms with Crippen molar-refractivity contribution in [1.82, 2.24) is 10.6 Å². The molecule has 0 radical (unpaired) electrons. The Bertz CT molecular complexity index is 901. The van der Waals surface area contributed by atoms with E-state index < -0.39 is 17.9 Å². The number of benzene rings is 2. The molecule has 2 aromatic carbocycles. The van der Waals surface area contributed by atoms with E-state index in [4.69, 9.17) is 23.2 Å². The summed E-state index contributed by atoms with van der Waals surface area (Å²) >= 11 is 11.9. The van der Waals surface area contributed by atoms with E-state index in [1.54, 1.807) is 49.5 Å². The average Bonchev–Trinajstić information content (AvgIpc) is 2.86. The zero-order valence-corrected chi connectivity index (χ0v) is 15.3. The van der Waals surface area contributed by atoms with Gasteiger partial charge in [-0.25, -0.2) is 0 Å². The second kappa shape index (κ2) is 7.35. The molecule has 2 N–H and O–H groups in total. The first kappa shape index (κ1) is 18.2. The first-order valence-corrected chi connectivity index (χ1v) is 8.53. The van der Waals surface area contributed by atoms with Gasteiger partial charge in [0.05, 0.1) is 0 Å². The molecule has 6 nitrogen and oxygen atoms in total. The van der Waals surface area contributed by atoms with Crippen LogP contribution in [0.1, 0.15) is 17.2 Å². The van der Waals surface area contributed by atoms with Crippen molar-refractivity contribution in [3.63, 3.8) is 0 Å². The van der Waals surface area contributed by atoms with Gasteiger partial charge in [-0.3, -0.25) is 14.4 Å². The molecule has 0 aliphatic carbocycles. The fraction of sp³-hybridized carbons (Fsp3) is 0.167. The monoisotopic (exact) mass is 391 g/mol. The fourth-order valence-corrected chi connectivity index (χ4v) is 3.21. The highest BCUT2D eigenvalue weighted by Gasteiger charge is 2.36. The summed E-state index contributed by atoms with van der Waals surface area (Å²) in [5.41, 5.74) is 1.98. The van der Waals surface area contributed by atoms with Crippen LogP contribution in [0.5, 0.6) is 0 Å². The second-order valence-electron chi connectivity index (χ2n) is 5.78. The number of carbonyl (C=O) groups excluding carboxylic acids is 3. The Morgan fingerprint density at radius 3 is 2.58 bits per heavy atom. The Morgan fingerprint density at radius 2 is 1.85 bits per heavy atom. The van der Waals surface area contributed by atoms with Crippen LogP contribution in [0.15, 0.2) is 42.5 Å². The quantitative estimate of drug-likeness (QED) is 0.788. The van der Waals surface area contributed by atoms with Crippen molar-refractivity contribution in [2.24, 2.45) is 0 Å². The number of rotatable bonds is 3. The molecule has 1 aliphatic heterocycles. The third-order valence-corrected chi connectivity index (χ3v) is 4.71. The van der Waals surface area contributed by atoms with Crippen molar-refractivity contribution in [3.8, 4) is 0 Å². The van der Waals surface area contributed by atoms with Gasteiger partial charge in [0.2, 0.25) is 0 Å². The van der Waals surface area contributed by atoms with E-state index in [9.17, 15) is 14.4 Å². The molecule has 0 aromatic heterocycles. The van der Waals surface area contributed by atoms with E-state index >= 15 is 0 Å². The standard InChI is InChI=1S/C18H15Cl2N3O3/c1-23-14-5-3-2-4-12(14)15(18(23)26)22-17(25)16(24)21-9-10-6-7-11(19)8-13(10)20/h2-8,15H,9H2,1H3,(H,21,24)(H,22,25). The van der Waals surface area contributed by atoms with Gasteiger partial charge >= 0.3 is 11.8 Å². The molecule has 0 fully saturated rings. The minimum Gasteiger partial charge on any atom is -0.344 e. The number of hydrogen-bond donors (Lipinski definition) is 2. The van der Waals surface area contributed by atoms with Gasteiger partial charge in [0.1, 0.15) is 6.04 Å². The van der Waals surface area contributed by atoms with E-state index in [-0.39, 0.29) is 12.5 Å². The molecule has 0 saturated carbocycles. The lowest BCUT2D eigenvalue weighted by Crippen LogP contribution is -2.43. The lowest BCUT2D eigenvalue weighted by molar-refractivity contribution is -0.140. The Hall–Kier alpha value is -2.57. The Labute approximate surface area is 160 Å². The molecule has 26 heavy (non-hydrogen) atoms. The number of hydrogen-bond acceptors (Lipinski definition) is 3. The molecule has 3 amide bonds. The Balaban J connectivity index is 1.65. The molecule has 0 saturated heterocycles. The summed E-state index contributed by atoms with van der Waals surface area (Å²) in [5.74, 6) is -2.04. The minimum atomic E-state index is -0.890. The number of fused-ring (bicyclic) bond motifs is 1. The van der Waals surface area contributed by atoms with Gasteiger partial charge in [0.15, 0.2) is 0 Å². The third-order valence-electron chi connectivity index (χ3n) is 4.12. The van der Waals surface area contributed by atoms with Crippen LogP contribution in [0.3, 0.4) is 0 Å². The number of anilines is 1. The van der Waals surface area contributed by atoms with Crippen LogP contribution in [0.4, 0.5) is 5.69 Å². The zero-order chi connectivity index (χ0) is 18.8. The molecule has 2 aromatic rings. The number of likely N-dealkylation sites (N-methyl/N-ethyl adjacent to an activating group) is 1. The van der Waals surface area contributed by atoms with Gasteiger partial charge in [-0.1, -0.05) is 47.5 Å². The molecular formula is C18H15Cl2N3O3. The van der Waals surface area contributed by atoms with E-state index in [0.29, 0.717) is 26.9 Å². The number of para-hydroxylation sites is 1. The topological polar surface area (TPSA) is 78.5 Å². The highest BCUT2D eigenvalue weighted by atomic mass is 35.5. The smallest absolute Gasteiger partial charge is 0.310 e. The van der Waals surface area contributed by atoms with Crippen molar-refractivity contribution < 1.29 is 14.4 Å². The van der Waals surface area contributed by atoms with Crippen LogP contribution >= 0.6 is 23.2 Å². The lowest BCUT2D eigenvalue weighted by Gasteiger charge is -2.13. The lowest BCUT2D eigenvalue weighted by atomic mass is 10.1. The van der Waals surface area contributed by atoms with Gasteiger partial charge in [-0.15, -0.1) is 0 Å². The third kappa shape index (κ3) is 3.52. The van der Waals surface area contributed by atoms with Gasteiger partial charge in [0, 0.05) is 34.9 Å². The van der Waals surface area contributed by atoms with Crippen LogP contribution in [-0.2, 0) is 20.9 Å². The maximum atomic E-state index is 12.3. The molecule has 1 atom stereocenters. The fourth-order valence-electron chi connectivity index (χ4n) is 2.74. The van der Waals surface area contributed by atoms with E-state index in [2.05, 4.69) is 10.6 Å². The molecular weight excluding hydrogens is 377 g/mol. The highest BCUT2D eigenvalue weighted by Crippen LogP contribution is 2.34. The summed E-state index contributed by atoms with van der Waals surface area (Å²) in [7, 11) is 1.62. The SMILES string of the molecule is CN1C(=O)C(NC(=O)C(=O)NCc2ccc(Cl)cc2Cl)c2ccccc21. The van der Waals surface area contributed by atoms with Gasteiger partial charge in [0.25, 0.3) is 5.91 Å². The van der Waals surface area contributed by atoms with E-state index in [1.165, 1.54) is 4.90 Å². The van der Waals surface area contributed by atoms with Crippen LogP contribution < -0.4 is 15.5 Å². The van der Waals surface area contributed by atoms with Gasteiger partial charge in [-0.05, 0) is 23.8 Å². The van der Waals surface area contributed by atoms with E-state index in [0.717, 1.165) is 0 Å². The maximum absolute atomic E-state index is 12.3. The molecule has 1 unspecified atom stereocenters. The summed E-state index contributed by atoms with van der Waals surface area (Å²) in [4.78, 5) is 38.0. The summed E-state index contributed by atoms with van der Waals surface area (Å²) in [6, 6.07) is 11.1. The largest absolute Gasteiger partial charge is 0.344 e. The predicted octanol–water partition coefficient (Wildman–Crippen LogP) is 2.44. The van der Waals surface area contributed by atoms with Crippen molar-refractivity contribution in [3.05, 3.63) is 63.6 Å². The van der Waals surface area contributed by atoms with Crippen LogP contribution in [-0.4, -0.2) is 24.8 Å². The highest BCUT2D eigenvalue weighted by molar-refractivity contribution is 6.36. The van der Waals surface area contributed by atoms with Crippen molar-refractivity contribution in [2.45, 2.75) is 12.6 Å². The zero-order valence-electron chi connectivity index (χ0n) is 13.8. The normalized spacial score (nSPS) is 15.6. The summed E-state index contributed by atoms with van der Waals surface area (Å²) < 4.78 is 0. The van der Waals surface area contributed by atoms with Gasteiger partial charge < -0.3 is 15.5 Å². The summed E-state index contributed by atoms with van der Waals surface area (Å²) in [6.45, 7) is 0.0668. The minimum absolute atomic E-state index is 0.0668. The van der Waals surface area contributed by atoms with Crippen molar-refractivity contribution in [1.29, 1.82) is 0 Å². The van der Waals surface area contributed by atoms with Crippen LogP contribution in [0.2, 0.25) is 10.0 Å². The first-order valence-electron chi connectivity index (χ1n) is 7.77. The maximum Gasteiger partial charge on any atom is 0.310 e. The van der Waals surface area contributed by atoms with Crippen molar-refractivity contribution >= 4 is 46.6 Å². The number of amides is 3. The first-order chi connectivity index (χ1) is 12.4. The van der Waals surface area contributed by atoms with Crippen LogP contribution in [0.25, 0.3) is 0 Å². The Kier molecular flexibility index (Phi) is 5.15. The van der Waals surface area contributed by atoms with E-state index in [1.807, 2.05) is 0 Å². The summed E-state index contributed by atoms with van der Waals surface area (Å²) in [6.07, 6.45) is 0. The molecule has 0 spiro atoms. The number of halogens is 2. The molecule has 1 aliphatic rings. The Morgan fingerprint density at radius 1 is 1.12 bits per heavy atom. The molecule has 0 bridgehead atoms. The molecule has 8 heteroatoms. The predicted molar refractivity (Wildman–Crippen MR) is 99.0 cm³/mol. The second-order valence-corrected chi connectivity index (χ2v) is 6.62. The number of carbonyl (C=O) groups is 3. The molecule has 3 rings (SSSR count). The van der Waals surface area contributed by atoms with Crippen molar-refractivity contribution in [2.75, 3.05) is 11.9 Å². The number of nitrogens with one attached hydrogen (secondary N) is 2. The number of nitrogens with zero attached hydrogens (tertiary/aromatic N) is 1. The molecule has 1 heterocycles. The summed E-state index contributed by atoms with van der Waals surface area (Å²) in [5, 5.41) is 5.82. The van der Waals surface area contributed by atoms with Crippen LogP contribution in [0, 0.1) is 0 Å². The van der Waals surface area contributed by atoms with Gasteiger partial charge in [-0.2, -0.15) is 0 Å². The average molecular weight is 392 g/mol.